The summed E-state index contributed by atoms with van der Waals surface area (Å²) in [6.07, 6.45) is 5.01. The SMILES string of the molecule is N[C@@H](Cc1ccc(OP(=O)(O)O)c(O)c1)C(=O)OC1CCCCC1. The van der Waals surface area contributed by atoms with Gasteiger partial charge < -0.3 is 20.1 Å². The van der Waals surface area contributed by atoms with Crippen molar-refractivity contribution in [2.24, 2.45) is 5.73 Å². The van der Waals surface area contributed by atoms with Crippen molar-refractivity contribution in [3.63, 3.8) is 0 Å². The molecule has 0 heterocycles. The molecule has 2 rings (SSSR count). The molecule has 5 N–H and O–H groups in total. The Kier molecular flexibility index (Phi) is 6.23. The fourth-order valence-corrected chi connectivity index (χ4v) is 3.08. The van der Waals surface area contributed by atoms with Gasteiger partial charge in [-0.1, -0.05) is 12.5 Å². The zero-order chi connectivity index (χ0) is 17.7. The van der Waals surface area contributed by atoms with E-state index in [0.29, 0.717) is 5.56 Å². The molecule has 24 heavy (non-hydrogen) atoms. The number of phosphoric acid groups is 1. The van der Waals surface area contributed by atoms with Crippen LogP contribution in [0.5, 0.6) is 11.5 Å². The van der Waals surface area contributed by atoms with E-state index in [1.54, 1.807) is 0 Å². The lowest BCUT2D eigenvalue weighted by atomic mass is 9.97. The van der Waals surface area contributed by atoms with Gasteiger partial charge in [-0.25, -0.2) is 4.57 Å². The van der Waals surface area contributed by atoms with Crippen LogP contribution in [0.15, 0.2) is 18.2 Å². The topological polar surface area (TPSA) is 139 Å². The molecule has 134 valence electrons. The van der Waals surface area contributed by atoms with Gasteiger partial charge in [0.15, 0.2) is 11.5 Å². The van der Waals surface area contributed by atoms with Gasteiger partial charge >= 0.3 is 13.8 Å². The van der Waals surface area contributed by atoms with Crippen LogP contribution in [-0.4, -0.2) is 33.0 Å². The van der Waals surface area contributed by atoms with Gasteiger partial charge in [0.05, 0.1) is 0 Å². The number of carbonyl (C=O) groups is 1. The first-order valence-corrected chi connectivity index (χ1v) is 9.31. The Bertz CT molecular complexity index is 624. The molecule has 1 aliphatic rings. The summed E-state index contributed by atoms with van der Waals surface area (Å²) in [5.41, 5.74) is 6.37. The van der Waals surface area contributed by atoms with Crippen LogP contribution >= 0.6 is 7.82 Å². The van der Waals surface area contributed by atoms with Gasteiger partial charge in [0.1, 0.15) is 12.1 Å². The van der Waals surface area contributed by atoms with Crippen LogP contribution in [0.2, 0.25) is 0 Å². The van der Waals surface area contributed by atoms with Crippen molar-refractivity contribution in [1.82, 2.24) is 0 Å². The second-order valence-electron chi connectivity index (χ2n) is 5.89. The van der Waals surface area contributed by atoms with Crippen molar-refractivity contribution < 1.29 is 33.5 Å². The average molecular weight is 359 g/mol. The van der Waals surface area contributed by atoms with Crippen molar-refractivity contribution in [1.29, 1.82) is 0 Å². The van der Waals surface area contributed by atoms with Crippen LogP contribution < -0.4 is 10.3 Å². The fraction of sp³-hybridized carbons (Fsp3) is 0.533. The van der Waals surface area contributed by atoms with E-state index in [-0.39, 0.29) is 18.3 Å². The van der Waals surface area contributed by atoms with Gasteiger partial charge in [0, 0.05) is 0 Å². The average Bonchev–Trinajstić information content (AvgIpc) is 2.50. The number of esters is 1. The molecule has 0 unspecified atom stereocenters. The first-order valence-electron chi connectivity index (χ1n) is 7.78. The number of phosphoric ester groups is 1. The minimum absolute atomic E-state index is 0.0790. The number of ether oxygens (including phenoxy) is 1. The normalized spacial score (nSPS) is 17.3. The lowest BCUT2D eigenvalue weighted by Gasteiger charge is -2.23. The molecule has 0 saturated heterocycles. The Labute approximate surface area is 139 Å². The summed E-state index contributed by atoms with van der Waals surface area (Å²) in [5, 5.41) is 9.74. The van der Waals surface area contributed by atoms with E-state index in [4.69, 9.17) is 20.3 Å². The number of hydrogen-bond donors (Lipinski definition) is 4. The number of benzene rings is 1. The fourth-order valence-electron chi connectivity index (χ4n) is 2.67. The Morgan fingerprint density at radius 1 is 1.29 bits per heavy atom. The Balaban J connectivity index is 1.93. The van der Waals surface area contributed by atoms with Crippen LogP contribution in [0.3, 0.4) is 0 Å². The lowest BCUT2D eigenvalue weighted by molar-refractivity contribution is -0.152. The maximum atomic E-state index is 12.0. The third-order valence-corrected chi connectivity index (χ3v) is 4.27. The van der Waals surface area contributed by atoms with Crippen molar-refractivity contribution in [3.05, 3.63) is 23.8 Å². The summed E-state index contributed by atoms with van der Waals surface area (Å²) in [5.74, 6) is -1.27. The van der Waals surface area contributed by atoms with Gasteiger partial charge in [0.2, 0.25) is 0 Å². The molecule has 1 fully saturated rings. The predicted molar refractivity (Wildman–Crippen MR) is 85.4 cm³/mol. The molecule has 9 heteroatoms. The van der Waals surface area contributed by atoms with Crippen molar-refractivity contribution in [2.75, 3.05) is 0 Å². The molecule has 1 aromatic carbocycles. The maximum absolute atomic E-state index is 12.0. The van der Waals surface area contributed by atoms with E-state index in [0.717, 1.165) is 32.1 Å². The third-order valence-electron chi connectivity index (χ3n) is 3.83. The molecule has 1 atom stereocenters. The molecular formula is C15H22NO7P. The minimum Gasteiger partial charge on any atom is -0.504 e. The predicted octanol–water partition coefficient (Wildman–Crippen LogP) is 1.61. The summed E-state index contributed by atoms with van der Waals surface area (Å²) in [7, 11) is -4.75. The van der Waals surface area contributed by atoms with Gasteiger partial charge in [-0.3, -0.25) is 14.6 Å². The van der Waals surface area contributed by atoms with Crippen molar-refractivity contribution in [2.45, 2.75) is 50.7 Å². The van der Waals surface area contributed by atoms with Crippen LogP contribution in [0, 0.1) is 0 Å². The first kappa shape index (κ1) is 18.7. The van der Waals surface area contributed by atoms with E-state index in [1.807, 2.05) is 0 Å². The minimum atomic E-state index is -4.75. The van der Waals surface area contributed by atoms with Gasteiger partial charge in [-0.15, -0.1) is 0 Å². The number of phenols is 1. The Morgan fingerprint density at radius 2 is 1.96 bits per heavy atom. The van der Waals surface area contributed by atoms with E-state index < -0.39 is 25.6 Å². The van der Waals surface area contributed by atoms with Crippen molar-refractivity contribution >= 4 is 13.8 Å². The number of hydrogen-bond acceptors (Lipinski definition) is 6. The molecule has 0 aromatic heterocycles. The smallest absolute Gasteiger partial charge is 0.504 e. The van der Waals surface area contributed by atoms with Gasteiger partial charge in [-0.2, -0.15) is 0 Å². The zero-order valence-electron chi connectivity index (χ0n) is 13.1. The van der Waals surface area contributed by atoms with E-state index in [9.17, 15) is 14.5 Å². The Morgan fingerprint density at radius 3 is 2.54 bits per heavy atom. The molecule has 0 aliphatic heterocycles. The number of aromatic hydroxyl groups is 1. The molecule has 0 amide bonds. The first-order chi connectivity index (χ1) is 11.2. The second-order valence-corrected chi connectivity index (χ2v) is 7.06. The number of rotatable bonds is 6. The monoisotopic (exact) mass is 359 g/mol. The van der Waals surface area contributed by atoms with Crippen LogP contribution in [0.25, 0.3) is 0 Å². The molecular weight excluding hydrogens is 337 g/mol. The quantitative estimate of drug-likeness (QED) is 0.444. The van der Waals surface area contributed by atoms with Crippen LogP contribution in [-0.2, 0) is 20.5 Å². The molecule has 1 aliphatic carbocycles. The van der Waals surface area contributed by atoms with Crippen molar-refractivity contribution in [3.8, 4) is 11.5 Å². The summed E-state index contributed by atoms with van der Waals surface area (Å²) >= 11 is 0. The summed E-state index contributed by atoms with van der Waals surface area (Å²) in [6.45, 7) is 0. The standard InChI is InChI=1S/C15H22NO7P/c16-12(15(18)22-11-4-2-1-3-5-11)8-10-6-7-14(13(17)9-10)23-24(19,20)21/h6-7,9,11-12,17H,1-5,8,16H2,(H2,19,20,21)/t12-/m0/s1. The Hall–Kier alpha value is -1.60. The van der Waals surface area contributed by atoms with Gasteiger partial charge in [0.25, 0.3) is 0 Å². The molecule has 1 saturated carbocycles. The number of carbonyl (C=O) groups excluding carboxylic acids is 1. The van der Waals surface area contributed by atoms with Crippen LogP contribution in [0.1, 0.15) is 37.7 Å². The molecule has 0 spiro atoms. The van der Waals surface area contributed by atoms with E-state index in [2.05, 4.69) is 4.52 Å². The van der Waals surface area contributed by atoms with E-state index >= 15 is 0 Å². The highest BCUT2D eigenvalue weighted by Gasteiger charge is 2.23. The number of nitrogens with two attached hydrogens (primary N) is 1. The molecule has 0 radical (unpaired) electrons. The highest BCUT2D eigenvalue weighted by Crippen LogP contribution is 2.41. The highest BCUT2D eigenvalue weighted by molar-refractivity contribution is 7.46. The summed E-state index contributed by atoms with van der Waals surface area (Å²) in [6, 6.07) is 3.06. The largest absolute Gasteiger partial charge is 0.524 e. The maximum Gasteiger partial charge on any atom is 0.524 e. The molecule has 8 nitrogen and oxygen atoms in total. The highest BCUT2D eigenvalue weighted by atomic mass is 31.2. The molecule has 0 bridgehead atoms. The second kappa shape index (κ2) is 7.98. The van der Waals surface area contributed by atoms with Crippen LogP contribution in [0.4, 0.5) is 0 Å². The lowest BCUT2D eigenvalue weighted by Crippen LogP contribution is -2.37. The molecule has 1 aromatic rings. The summed E-state index contributed by atoms with van der Waals surface area (Å²) < 4.78 is 20.5. The van der Waals surface area contributed by atoms with Gasteiger partial charge in [-0.05, 0) is 49.8 Å². The summed E-state index contributed by atoms with van der Waals surface area (Å²) in [4.78, 5) is 29.5. The van der Waals surface area contributed by atoms with E-state index in [1.165, 1.54) is 18.2 Å². The third kappa shape index (κ3) is 5.79. The zero-order valence-corrected chi connectivity index (χ0v) is 14.0. The number of phenolic OH excluding ortho intramolecular Hbond substituents is 1.